The zero-order chi connectivity index (χ0) is 16.4. The second-order valence-electron chi connectivity index (χ2n) is 6.73. The van der Waals surface area contributed by atoms with Crippen LogP contribution in [0.3, 0.4) is 0 Å². The lowest BCUT2D eigenvalue weighted by atomic mass is 10.0. The van der Waals surface area contributed by atoms with Gasteiger partial charge in [-0.3, -0.25) is 4.90 Å². The topological polar surface area (TPSA) is 58.6 Å². The second kappa shape index (κ2) is 6.79. The summed E-state index contributed by atoms with van der Waals surface area (Å²) < 4.78 is 30.9. The van der Waals surface area contributed by atoms with Crippen LogP contribution in [0, 0.1) is 0 Å². The van der Waals surface area contributed by atoms with E-state index in [-0.39, 0.29) is 6.04 Å². The Morgan fingerprint density at radius 1 is 1.22 bits per heavy atom. The Hall–Kier alpha value is -1.11. The molecule has 5 nitrogen and oxygen atoms in total. The standard InChI is InChI=1S/C17H26N2O3S/c1-22-17-11-14-5-3-4-13(14)10-15(17)12-19-8-6-16(7-9-19)18-23(2,20)21/h10-11,16,18H,3-9,12H2,1-2H3. The molecular weight excluding hydrogens is 312 g/mol. The summed E-state index contributed by atoms with van der Waals surface area (Å²) in [5.74, 6) is 0.988. The van der Waals surface area contributed by atoms with Crippen LogP contribution in [0.15, 0.2) is 12.1 Å². The molecule has 0 bridgehead atoms. The third-order valence-electron chi connectivity index (χ3n) is 4.86. The molecule has 0 atom stereocenters. The highest BCUT2D eigenvalue weighted by Gasteiger charge is 2.23. The Bertz CT molecular complexity index is 665. The van der Waals surface area contributed by atoms with Crippen LogP contribution in [0.4, 0.5) is 0 Å². The number of aryl methyl sites for hydroxylation is 2. The maximum atomic E-state index is 11.3. The molecule has 1 aliphatic carbocycles. The summed E-state index contributed by atoms with van der Waals surface area (Å²) in [6.45, 7) is 2.70. The van der Waals surface area contributed by atoms with E-state index in [0.29, 0.717) is 0 Å². The molecule has 1 heterocycles. The average Bonchev–Trinajstić information content (AvgIpc) is 2.94. The lowest BCUT2D eigenvalue weighted by Gasteiger charge is -2.32. The summed E-state index contributed by atoms with van der Waals surface area (Å²) in [5.41, 5.74) is 4.15. The van der Waals surface area contributed by atoms with Gasteiger partial charge in [0.05, 0.1) is 13.4 Å². The van der Waals surface area contributed by atoms with E-state index < -0.39 is 10.0 Å². The molecule has 3 rings (SSSR count). The number of sulfonamides is 1. The van der Waals surface area contributed by atoms with Gasteiger partial charge in [0.1, 0.15) is 5.75 Å². The van der Waals surface area contributed by atoms with Crippen molar-refractivity contribution in [2.45, 2.75) is 44.7 Å². The number of benzene rings is 1. The molecule has 1 saturated heterocycles. The number of ether oxygens (including phenoxy) is 1. The highest BCUT2D eigenvalue weighted by molar-refractivity contribution is 7.88. The van der Waals surface area contributed by atoms with E-state index >= 15 is 0 Å². The number of rotatable bonds is 5. The van der Waals surface area contributed by atoms with Crippen molar-refractivity contribution in [3.05, 3.63) is 28.8 Å². The first-order chi connectivity index (χ1) is 10.9. The average molecular weight is 338 g/mol. The van der Waals surface area contributed by atoms with Crippen molar-refractivity contribution in [1.29, 1.82) is 0 Å². The fraction of sp³-hybridized carbons (Fsp3) is 0.647. The summed E-state index contributed by atoms with van der Waals surface area (Å²) in [7, 11) is -1.37. The lowest BCUT2D eigenvalue weighted by Crippen LogP contribution is -2.44. The van der Waals surface area contributed by atoms with E-state index in [0.717, 1.165) is 44.6 Å². The van der Waals surface area contributed by atoms with E-state index in [1.165, 1.54) is 35.8 Å². The molecule has 1 aromatic rings. The Kier molecular flexibility index (Phi) is 4.94. The highest BCUT2D eigenvalue weighted by Crippen LogP contribution is 2.31. The Morgan fingerprint density at radius 2 is 1.87 bits per heavy atom. The predicted octanol–water partition coefficient (Wildman–Crippen LogP) is 1.70. The summed E-state index contributed by atoms with van der Waals surface area (Å²) in [6.07, 6.45) is 6.53. The quantitative estimate of drug-likeness (QED) is 0.888. The van der Waals surface area contributed by atoms with E-state index in [1.807, 2.05) is 0 Å². The van der Waals surface area contributed by atoms with Crippen molar-refractivity contribution in [1.82, 2.24) is 9.62 Å². The fourth-order valence-electron chi connectivity index (χ4n) is 3.72. The van der Waals surface area contributed by atoms with Crippen molar-refractivity contribution in [3.8, 4) is 5.75 Å². The summed E-state index contributed by atoms with van der Waals surface area (Å²) in [4.78, 5) is 2.39. The molecule has 1 N–H and O–H groups in total. The minimum absolute atomic E-state index is 0.0724. The Morgan fingerprint density at radius 3 is 2.48 bits per heavy atom. The molecule has 23 heavy (non-hydrogen) atoms. The van der Waals surface area contributed by atoms with Crippen LogP contribution in [0.1, 0.15) is 36.0 Å². The van der Waals surface area contributed by atoms with Gasteiger partial charge in [0, 0.05) is 31.2 Å². The van der Waals surface area contributed by atoms with Crippen LogP contribution in [-0.4, -0.2) is 45.8 Å². The molecule has 0 radical (unpaired) electrons. The number of methoxy groups -OCH3 is 1. The molecule has 1 aliphatic heterocycles. The van der Waals surface area contributed by atoms with Gasteiger partial charge in [-0.15, -0.1) is 0 Å². The van der Waals surface area contributed by atoms with Crippen LogP contribution in [0.25, 0.3) is 0 Å². The number of nitrogens with zero attached hydrogens (tertiary/aromatic N) is 1. The normalized spacial score (nSPS) is 19.7. The summed E-state index contributed by atoms with van der Waals surface area (Å²) >= 11 is 0. The number of piperidine rings is 1. The van der Waals surface area contributed by atoms with E-state index in [9.17, 15) is 8.42 Å². The van der Waals surface area contributed by atoms with Gasteiger partial charge in [-0.25, -0.2) is 13.1 Å². The third kappa shape index (κ3) is 4.25. The van der Waals surface area contributed by atoms with Crippen molar-refractivity contribution >= 4 is 10.0 Å². The van der Waals surface area contributed by atoms with Gasteiger partial charge in [0.2, 0.25) is 10.0 Å². The molecule has 0 spiro atoms. The SMILES string of the molecule is COc1cc2c(cc1CN1CCC(NS(C)(=O)=O)CC1)CCC2. The van der Waals surface area contributed by atoms with Gasteiger partial charge >= 0.3 is 0 Å². The maximum absolute atomic E-state index is 11.3. The maximum Gasteiger partial charge on any atom is 0.208 e. The van der Waals surface area contributed by atoms with Crippen molar-refractivity contribution in [2.75, 3.05) is 26.5 Å². The van der Waals surface area contributed by atoms with Gasteiger partial charge in [0.25, 0.3) is 0 Å². The van der Waals surface area contributed by atoms with Gasteiger partial charge in [-0.2, -0.15) is 0 Å². The van der Waals surface area contributed by atoms with Gasteiger partial charge < -0.3 is 4.74 Å². The minimum atomic E-state index is -3.11. The third-order valence-corrected chi connectivity index (χ3v) is 5.62. The minimum Gasteiger partial charge on any atom is -0.496 e. The first-order valence-corrected chi connectivity index (χ1v) is 10.2. The molecule has 6 heteroatoms. The van der Waals surface area contributed by atoms with Crippen molar-refractivity contribution in [2.24, 2.45) is 0 Å². The summed E-state index contributed by atoms with van der Waals surface area (Å²) in [6, 6.07) is 4.58. The first kappa shape index (κ1) is 16.7. The van der Waals surface area contributed by atoms with Crippen LogP contribution in [-0.2, 0) is 29.4 Å². The molecule has 0 unspecified atom stereocenters. The molecule has 0 amide bonds. The lowest BCUT2D eigenvalue weighted by molar-refractivity contribution is 0.198. The van der Waals surface area contributed by atoms with Crippen LogP contribution in [0.5, 0.6) is 5.75 Å². The number of hydrogen-bond acceptors (Lipinski definition) is 4. The molecule has 128 valence electrons. The monoisotopic (exact) mass is 338 g/mol. The number of hydrogen-bond donors (Lipinski definition) is 1. The highest BCUT2D eigenvalue weighted by atomic mass is 32.2. The van der Waals surface area contributed by atoms with Crippen molar-refractivity contribution in [3.63, 3.8) is 0 Å². The predicted molar refractivity (Wildman–Crippen MR) is 91.3 cm³/mol. The molecule has 0 saturated carbocycles. The van der Waals surface area contributed by atoms with Gasteiger partial charge in [-0.1, -0.05) is 6.07 Å². The number of fused-ring (bicyclic) bond motifs is 1. The first-order valence-electron chi connectivity index (χ1n) is 8.33. The van der Waals surface area contributed by atoms with Gasteiger partial charge in [0.15, 0.2) is 0 Å². The molecule has 2 aliphatic rings. The second-order valence-corrected chi connectivity index (χ2v) is 8.51. The van der Waals surface area contributed by atoms with Crippen LogP contribution in [0.2, 0.25) is 0 Å². The smallest absolute Gasteiger partial charge is 0.208 e. The molecule has 0 aromatic heterocycles. The molecular formula is C17H26N2O3S. The van der Waals surface area contributed by atoms with Crippen LogP contribution >= 0.6 is 0 Å². The Balaban J connectivity index is 1.63. The number of likely N-dealkylation sites (tertiary alicyclic amines) is 1. The Labute approximate surface area is 139 Å². The van der Waals surface area contributed by atoms with E-state index in [4.69, 9.17) is 4.74 Å². The largest absolute Gasteiger partial charge is 0.496 e. The fourth-order valence-corrected chi connectivity index (χ4v) is 4.56. The zero-order valence-electron chi connectivity index (χ0n) is 14.0. The zero-order valence-corrected chi connectivity index (χ0v) is 14.8. The van der Waals surface area contributed by atoms with Crippen LogP contribution < -0.4 is 9.46 Å². The van der Waals surface area contributed by atoms with Gasteiger partial charge in [-0.05, 0) is 49.3 Å². The number of nitrogens with one attached hydrogen (secondary N) is 1. The summed E-state index contributed by atoms with van der Waals surface area (Å²) in [5, 5.41) is 0. The van der Waals surface area contributed by atoms with Crippen molar-refractivity contribution < 1.29 is 13.2 Å². The molecule has 1 aromatic carbocycles. The molecule has 1 fully saturated rings. The van der Waals surface area contributed by atoms with E-state index in [1.54, 1.807) is 7.11 Å². The van der Waals surface area contributed by atoms with E-state index in [2.05, 4.69) is 21.8 Å².